The number of benzene rings is 2. The number of hydrogen-bond acceptors (Lipinski definition) is 4. The van der Waals surface area contributed by atoms with Crippen LogP contribution in [0.5, 0.6) is 5.75 Å². The molecule has 0 aliphatic heterocycles. The lowest BCUT2D eigenvalue weighted by atomic mass is 10.00. The molecule has 5 heteroatoms. The average molecular weight is 356 g/mol. The average Bonchev–Trinajstić information content (AvgIpc) is 2.68. The van der Waals surface area contributed by atoms with Gasteiger partial charge in [0.25, 0.3) is 5.91 Å². The normalized spacial score (nSPS) is 12.0. The van der Waals surface area contributed by atoms with Crippen LogP contribution in [0.2, 0.25) is 0 Å². The van der Waals surface area contributed by atoms with Gasteiger partial charge in [0.1, 0.15) is 5.75 Å². The summed E-state index contributed by atoms with van der Waals surface area (Å²) in [5.74, 6) is 1.06. The molecule has 0 N–H and O–H groups in total. The third-order valence-corrected chi connectivity index (χ3v) is 4.45. The van der Waals surface area contributed by atoms with Gasteiger partial charge in [0.15, 0.2) is 0 Å². The molecule has 1 amide bonds. The molecule has 0 fully saturated rings. The second kappa shape index (κ2) is 9.94. The molecule has 0 saturated heterocycles. The Hall–Kier alpha value is -2.37. The summed E-state index contributed by atoms with van der Waals surface area (Å²) in [5.41, 5.74) is 2.40. The van der Waals surface area contributed by atoms with Crippen molar-refractivity contribution < 1.29 is 14.4 Å². The SMILES string of the molecule is COc1ccc([C@@H](C)CN(CC(=O)N(C)OC)Cc2ccccc2)cc1. The summed E-state index contributed by atoms with van der Waals surface area (Å²) in [7, 11) is 4.80. The zero-order chi connectivity index (χ0) is 18.9. The van der Waals surface area contributed by atoms with Crippen molar-refractivity contribution in [2.75, 3.05) is 34.4 Å². The summed E-state index contributed by atoms with van der Waals surface area (Å²) >= 11 is 0. The highest BCUT2D eigenvalue weighted by molar-refractivity contribution is 5.76. The van der Waals surface area contributed by atoms with Crippen LogP contribution in [0.4, 0.5) is 0 Å². The van der Waals surface area contributed by atoms with Crippen molar-refractivity contribution in [3.05, 3.63) is 65.7 Å². The van der Waals surface area contributed by atoms with E-state index in [1.54, 1.807) is 14.2 Å². The van der Waals surface area contributed by atoms with Crippen LogP contribution < -0.4 is 4.74 Å². The third kappa shape index (κ3) is 5.86. The Balaban J connectivity index is 2.09. The van der Waals surface area contributed by atoms with Gasteiger partial charge in [0, 0.05) is 20.1 Å². The van der Waals surface area contributed by atoms with Crippen molar-refractivity contribution in [2.24, 2.45) is 0 Å². The van der Waals surface area contributed by atoms with E-state index in [0.29, 0.717) is 13.1 Å². The fourth-order valence-electron chi connectivity index (χ4n) is 2.84. The lowest BCUT2D eigenvalue weighted by molar-refractivity contribution is -0.170. The predicted octanol–water partition coefficient (Wildman–Crippen LogP) is 3.32. The minimum Gasteiger partial charge on any atom is -0.497 e. The molecule has 0 aliphatic rings. The van der Waals surface area contributed by atoms with Crippen molar-refractivity contribution in [2.45, 2.75) is 19.4 Å². The van der Waals surface area contributed by atoms with E-state index in [0.717, 1.165) is 12.3 Å². The molecule has 2 rings (SSSR count). The summed E-state index contributed by atoms with van der Waals surface area (Å²) < 4.78 is 5.23. The van der Waals surface area contributed by atoms with Gasteiger partial charge in [-0.1, -0.05) is 49.4 Å². The van der Waals surface area contributed by atoms with Gasteiger partial charge in [0.05, 0.1) is 20.8 Å². The first kappa shape index (κ1) is 19.9. The zero-order valence-corrected chi connectivity index (χ0v) is 16.0. The summed E-state index contributed by atoms with van der Waals surface area (Å²) in [6, 6.07) is 18.3. The van der Waals surface area contributed by atoms with Crippen molar-refractivity contribution in [1.82, 2.24) is 9.96 Å². The molecule has 26 heavy (non-hydrogen) atoms. The topological polar surface area (TPSA) is 42.0 Å². The number of methoxy groups -OCH3 is 1. The van der Waals surface area contributed by atoms with E-state index in [4.69, 9.17) is 9.57 Å². The summed E-state index contributed by atoms with van der Waals surface area (Å²) in [5, 5.41) is 1.27. The van der Waals surface area contributed by atoms with Crippen molar-refractivity contribution in [3.63, 3.8) is 0 Å². The van der Waals surface area contributed by atoms with Crippen LogP contribution in [0.25, 0.3) is 0 Å². The number of carbonyl (C=O) groups is 1. The molecule has 140 valence electrons. The van der Waals surface area contributed by atoms with Crippen LogP contribution in [-0.2, 0) is 16.2 Å². The quantitative estimate of drug-likeness (QED) is 0.647. The third-order valence-electron chi connectivity index (χ3n) is 4.45. The fourth-order valence-corrected chi connectivity index (χ4v) is 2.84. The molecule has 0 saturated carbocycles. The smallest absolute Gasteiger partial charge is 0.260 e. The van der Waals surface area contributed by atoms with Crippen LogP contribution >= 0.6 is 0 Å². The van der Waals surface area contributed by atoms with Gasteiger partial charge in [-0.3, -0.25) is 14.5 Å². The van der Waals surface area contributed by atoms with Gasteiger partial charge < -0.3 is 4.74 Å². The van der Waals surface area contributed by atoms with Gasteiger partial charge in [-0.2, -0.15) is 0 Å². The van der Waals surface area contributed by atoms with Crippen molar-refractivity contribution in [3.8, 4) is 5.75 Å². The predicted molar refractivity (Wildman–Crippen MR) is 103 cm³/mol. The maximum atomic E-state index is 12.3. The lowest BCUT2D eigenvalue weighted by Gasteiger charge is -2.27. The molecule has 0 heterocycles. The number of carbonyl (C=O) groups excluding carboxylic acids is 1. The first-order valence-electron chi connectivity index (χ1n) is 8.74. The van der Waals surface area contributed by atoms with Gasteiger partial charge >= 0.3 is 0 Å². The number of ether oxygens (including phenoxy) is 1. The summed E-state index contributed by atoms with van der Waals surface area (Å²) in [6.45, 7) is 3.96. The molecule has 2 aromatic rings. The zero-order valence-electron chi connectivity index (χ0n) is 16.0. The van der Waals surface area contributed by atoms with Crippen LogP contribution in [0.1, 0.15) is 24.0 Å². The molecule has 0 radical (unpaired) electrons. The maximum absolute atomic E-state index is 12.3. The van der Waals surface area contributed by atoms with Crippen LogP contribution in [-0.4, -0.2) is 50.2 Å². The second-order valence-electron chi connectivity index (χ2n) is 6.40. The van der Waals surface area contributed by atoms with Gasteiger partial charge in [-0.25, -0.2) is 5.06 Å². The first-order chi connectivity index (χ1) is 12.5. The van der Waals surface area contributed by atoms with E-state index in [9.17, 15) is 4.79 Å². The van der Waals surface area contributed by atoms with Crippen LogP contribution in [0.15, 0.2) is 54.6 Å². The Morgan fingerprint density at radius 1 is 1.04 bits per heavy atom. The molecular formula is C21H28N2O3. The highest BCUT2D eigenvalue weighted by Gasteiger charge is 2.18. The molecule has 0 aromatic heterocycles. The van der Waals surface area contributed by atoms with Gasteiger partial charge in [0.2, 0.25) is 0 Å². The molecule has 5 nitrogen and oxygen atoms in total. The van der Waals surface area contributed by atoms with Crippen LogP contribution in [0, 0.1) is 0 Å². The number of amides is 1. The van der Waals surface area contributed by atoms with Crippen LogP contribution in [0.3, 0.4) is 0 Å². The first-order valence-corrected chi connectivity index (χ1v) is 8.74. The van der Waals surface area contributed by atoms with Crippen molar-refractivity contribution in [1.29, 1.82) is 0 Å². The molecule has 0 unspecified atom stereocenters. The molecule has 0 spiro atoms. The monoisotopic (exact) mass is 356 g/mol. The summed E-state index contributed by atoms with van der Waals surface area (Å²) in [6.07, 6.45) is 0. The standard InChI is InChI=1S/C21H28N2O3/c1-17(19-10-12-20(25-3)13-11-19)14-23(16-21(24)22(2)26-4)15-18-8-6-5-7-9-18/h5-13,17H,14-16H2,1-4H3/t17-/m0/s1. The second-order valence-corrected chi connectivity index (χ2v) is 6.40. The maximum Gasteiger partial charge on any atom is 0.260 e. The minimum atomic E-state index is -0.0645. The van der Waals surface area contributed by atoms with E-state index in [1.165, 1.54) is 23.3 Å². The van der Waals surface area contributed by atoms with E-state index < -0.39 is 0 Å². The highest BCUT2D eigenvalue weighted by Crippen LogP contribution is 2.21. The largest absolute Gasteiger partial charge is 0.497 e. The number of rotatable bonds is 9. The van der Waals surface area contributed by atoms with Gasteiger partial charge in [-0.05, 0) is 29.2 Å². The molecule has 0 aliphatic carbocycles. The molecule has 0 bridgehead atoms. The molecular weight excluding hydrogens is 328 g/mol. The van der Waals surface area contributed by atoms with E-state index in [2.05, 4.69) is 36.1 Å². The Morgan fingerprint density at radius 3 is 2.27 bits per heavy atom. The van der Waals surface area contributed by atoms with E-state index >= 15 is 0 Å². The van der Waals surface area contributed by atoms with E-state index in [1.807, 2.05) is 30.3 Å². The minimum absolute atomic E-state index is 0.0645. The number of hydroxylamine groups is 2. The lowest BCUT2D eigenvalue weighted by Crippen LogP contribution is -2.39. The van der Waals surface area contributed by atoms with Gasteiger partial charge in [-0.15, -0.1) is 0 Å². The van der Waals surface area contributed by atoms with Crippen molar-refractivity contribution >= 4 is 5.91 Å². The molecule has 1 atom stereocenters. The number of likely N-dealkylation sites (N-methyl/N-ethyl adjacent to an activating group) is 1. The highest BCUT2D eigenvalue weighted by atomic mass is 16.7. The Bertz CT molecular complexity index is 673. The Morgan fingerprint density at radius 2 is 1.69 bits per heavy atom. The Kier molecular flexibility index (Phi) is 7.63. The number of hydrogen-bond donors (Lipinski definition) is 0. The fraction of sp³-hybridized carbons (Fsp3) is 0.381. The number of nitrogens with zero attached hydrogens (tertiary/aromatic N) is 2. The Labute approximate surface area is 156 Å². The summed E-state index contributed by atoms with van der Waals surface area (Å²) in [4.78, 5) is 19.5. The molecule has 2 aromatic carbocycles. The van der Waals surface area contributed by atoms with E-state index in [-0.39, 0.29) is 11.8 Å².